The maximum Gasteiger partial charge on any atom is 0.259 e. The van der Waals surface area contributed by atoms with Crippen LogP contribution in [0.4, 0.5) is 10.7 Å². The van der Waals surface area contributed by atoms with E-state index in [9.17, 15) is 4.79 Å². The molecule has 1 aliphatic rings. The van der Waals surface area contributed by atoms with E-state index in [1.54, 1.807) is 48.9 Å². The van der Waals surface area contributed by atoms with Crippen LogP contribution < -0.4 is 14.8 Å². The summed E-state index contributed by atoms with van der Waals surface area (Å²) in [6, 6.07) is 22.3. The van der Waals surface area contributed by atoms with Gasteiger partial charge in [-0.1, -0.05) is 41.9 Å². The molecule has 0 atom stereocenters. The Labute approximate surface area is 236 Å². The maximum absolute atomic E-state index is 13.4. The van der Waals surface area contributed by atoms with Crippen molar-refractivity contribution in [1.82, 2.24) is 0 Å². The Bertz CT molecular complexity index is 1560. The number of ether oxygens (including phenoxy) is 2. The highest BCUT2D eigenvalue weighted by Gasteiger charge is 2.25. The molecule has 6 nitrogen and oxygen atoms in total. The molecule has 196 valence electrons. The van der Waals surface area contributed by atoms with E-state index in [0.717, 1.165) is 48.1 Å². The van der Waals surface area contributed by atoms with Gasteiger partial charge in [0.25, 0.3) is 5.91 Å². The van der Waals surface area contributed by atoms with Crippen molar-refractivity contribution >= 4 is 45.7 Å². The van der Waals surface area contributed by atoms with E-state index in [0.29, 0.717) is 32.6 Å². The average molecular weight is 556 g/mol. The van der Waals surface area contributed by atoms with Gasteiger partial charge in [0.05, 0.1) is 29.3 Å². The smallest absolute Gasteiger partial charge is 0.259 e. The third-order valence-corrected chi connectivity index (χ3v) is 7.94. The number of hydrogen-bond acceptors (Lipinski definition) is 6. The van der Waals surface area contributed by atoms with Crippen LogP contribution in [0.2, 0.25) is 5.02 Å². The van der Waals surface area contributed by atoms with Crippen molar-refractivity contribution in [3.63, 3.8) is 0 Å². The second-order valence-electron chi connectivity index (χ2n) is 9.10. The topological polar surface area (TPSA) is 83.7 Å². The molecule has 0 unspecified atom stereocenters. The van der Waals surface area contributed by atoms with Gasteiger partial charge in [-0.05, 0) is 78.8 Å². The summed E-state index contributed by atoms with van der Waals surface area (Å²) in [5.41, 5.74) is 4.72. The number of rotatable bonds is 8. The van der Waals surface area contributed by atoms with Crippen LogP contribution in [-0.2, 0) is 19.4 Å². The number of aryl methyl sites for hydroxylation is 1. The first-order valence-corrected chi connectivity index (χ1v) is 13.8. The highest BCUT2D eigenvalue weighted by atomic mass is 35.5. The van der Waals surface area contributed by atoms with E-state index in [-0.39, 0.29) is 12.5 Å². The molecule has 0 spiro atoms. The number of nitrogens with one attached hydrogen (secondary N) is 1. The molecule has 0 bridgehead atoms. The van der Waals surface area contributed by atoms with Gasteiger partial charge < -0.3 is 14.8 Å². The number of carbonyl (C=O) groups excluding carboxylic acids is 1. The normalized spacial score (nSPS) is 12.5. The SMILES string of the molecule is COc1cc(C=Nc2sc3c(c2C(=O)Nc2ccccc2)CCCC3)cc(Cl)c1OCc1ccc(C#N)cc1. The Morgan fingerprint density at radius 2 is 1.90 bits per heavy atom. The number of carbonyl (C=O) groups is 1. The Balaban J connectivity index is 1.39. The Kier molecular flexibility index (Phi) is 8.26. The monoisotopic (exact) mass is 555 g/mol. The van der Waals surface area contributed by atoms with E-state index in [1.165, 1.54) is 4.88 Å². The van der Waals surface area contributed by atoms with Crippen molar-refractivity contribution in [2.24, 2.45) is 4.99 Å². The summed E-state index contributed by atoms with van der Waals surface area (Å²) in [5, 5.41) is 13.1. The molecule has 0 aliphatic heterocycles. The minimum atomic E-state index is -0.144. The number of nitriles is 1. The molecule has 0 fully saturated rings. The Morgan fingerprint density at radius 1 is 1.13 bits per heavy atom. The molecule has 5 rings (SSSR count). The highest BCUT2D eigenvalue weighted by Crippen LogP contribution is 2.41. The van der Waals surface area contributed by atoms with E-state index >= 15 is 0 Å². The summed E-state index contributed by atoms with van der Waals surface area (Å²) in [7, 11) is 1.56. The van der Waals surface area contributed by atoms with E-state index in [2.05, 4.69) is 11.4 Å². The van der Waals surface area contributed by atoms with Crippen molar-refractivity contribution in [3.8, 4) is 17.6 Å². The zero-order valence-electron chi connectivity index (χ0n) is 21.4. The number of amides is 1. The molecule has 0 saturated heterocycles. The standard InChI is InChI=1S/C31H26ClN3O3S/c1-37-26-16-22(15-25(32)29(26)38-19-21-13-11-20(17-33)12-14-21)18-34-31-28(24-9-5-6-10-27(24)39-31)30(36)35-23-7-3-2-4-8-23/h2-4,7-8,11-16,18H,5-6,9-10,19H2,1H3,(H,35,36). The highest BCUT2D eigenvalue weighted by molar-refractivity contribution is 7.16. The molecular formula is C31H26ClN3O3S. The van der Waals surface area contributed by atoms with Gasteiger partial charge in [0, 0.05) is 16.8 Å². The zero-order chi connectivity index (χ0) is 27.2. The van der Waals surface area contributed by atoms with Crippen LogP contribution in [0.1, 0.15) is 50.3 Å². The van der Waals surface area contributed by atoms with Crippen molar-refractivity contribution in [1.29, 1.82) is 5.26 Å². The second-order valence-corrected chi connectivity index (χ2v) is 10.6. The molecule has 1 aromatic heterocycles. The maximum atomic E-state index is 13.4. The van der Waals surface area contributed by atoms with Crippen molar-refractivity contribution < 1.29 is 14.3 Å². The van der Waals surface area contributed by atoms with Crippen LogP contribution in [-0.4, -0.2) is 19.2 Å². The van der Waals surface area contributed by atoms with Crippen molar-refractivity contribution in [2.75, 3.05) is 12.4 Å². The lowest BCUT2D eigenvalue weighted by Gasteiger charge is -2.13. The summed E-state index contributed by atoms with van der Waals surface area (Å²) in [5.74, 6) is 0.759. The first kappa shape index (κ1) is 26.5. The van der Waals surface area contributed by atoms with E-state index in [4.69, 9.17) is 31.3 Å². The summed E-state index contributed by atoms with van der Waals surface area (Å²) in [4.78, 5) is 19.3. The molecule has 39 heavy (non-hydrogen) atoms. The molecule has 1 aliphatic carbocycles. The predicted octanol–water partition coefficient (Wildman–Crippen LogP) is 7.74. The average Bonchev–Trinajstić information content (AvgIpc) is 3.34. The van der Waals surface area contributed by atoms with Crippen LogP contribution in [0, 0.1) is 11.3 Å². The first-order valence-electron chi connectivity index (χ1n) is 12.6. The molecule has 1 N–H and O–H groups in total. The molecule has 3 aromatic carbocycles. The number of halogens is 1. The number of para-hydroxylation sites is 1. The minimum absolute atomic E-state index is 0.144. The molecule has 4 aromatic rings. The van der Waals surface area contributed by atoms with Gasteiger partial charge in [0.15, 0.2) is 11.5 Å². The van der Waals surface area contributed by atoms with Gasteiger partial charge in [-0.3, -0.25) is 4.79 Å². The van der Waals surface area contributed by atoms with E-state index in [1.807, 2.05) is 42.5 Å². The van der Waals surface area contributed by atoms with Gasteiger partial charge in [-0.25, -0.2) is 4.99 Å². The Morgan fingerprint density at radius 3 is 2.64 bits per heavy atom. The quantitative estimate of drug-likeness (QED) is 0.225. The van der Waals surface area contributed by atoms with Crippen LogP contribution >= 0.6 is 22.9 Å². The van der Waals surface area contributed by atoms with Crippen LogP contribution in [0.15, 0.2) is 71.7 Å². The second kappa shape index (κ2) is 12.2. The number of benzene rings is 3. The van der Waals surface area contributed by atoms with Gasteiger partial charge in [-0.15, -0.1) is 11.3 Å². The van der Waals surface area contributed by atoms with Gasteiger partial charge in [-0.2, -0.15) is 5.26 Å². The number of nitrogens with zero attached hydrogens (tertiary/aromatic N) is 2. The zero-order valence-corrected chi connectivity index (χ0v) is 22.9. The van der Waals surface area contributed by atoms with Gasteiger partial charge >= 0.3 is 0 Å². The number of hydrogen-bond donors (Lipinski definition) is 1. The fraction of sp³-hybridized carbons (Fsp3) is 0.194. The molecule has 1 heterocycles. The lowest BCUT2D eigenvalue weighted by atomic mass is 9.95. The van der Waals surface area contributed by atoms with Crippen LogP contribution in [0.5, 0.6) is 11.5 Å². The molecule has 0 radical (unpaired) electrons. The number of methoxy groups -OCH3 is 1. The lowest BCUT2D eigenvalue weighted by molar-refractivity contribution is 0.102. The number of aliphatic imine (C=N–C) groups is 1. The lowest BCUT2D eigenvalue weighted by Crippen LogP contribution is -2.14. The van der Waals surface area contributed by atoms with Crippen LogP contribution in [0.25, 0.3) is 0 Å². The predicted molar refractivity (Wildman–Crippen MR) is 156 cm³/mol. The largest absolute Gasteiger partial charge is 0.493 e. The number of anilines is 1. The molecule has 8 heteroatoms. The minimum Gasteiger partial charge on any atom is -0.493 e. The first-order chi connectivity index (χ1) is 19.1. The fourth-order valence-corrected chi connectivity index (χ4v) is 6.01. The number of thiophene rings is 1. The van der Waals surface area contributed by atoms with Gasteiger partial charge in [0.2, 0.25) is 0 Å². The molecule has 0 saturated carbocycles. The summed E-state index contributed by atoms with van der Waals surface area (Å²) >= 11 is 8.17. The third kappa shape index (κ3) is 6.14. The summed E-state index contributed by atoms with van der Waals surface area (Å²) in [6.07, 6.45) is 5.73. The van der Waals surface area contributed by atoms with Gasteiger partial charge in [0.1, 0.15) is 11.6 Å². The number of fused-ring (bicyclic) bond motifs is 1. The van der Waals surface area contributed by atoms with E-state index < -0.39 is 0 Å². The Hall–Kier alpha value is -4.12. The molecular weight excluding hydrogens is 530 g/mol. The summed E-state index contributed by atoms with van der Waals surface area (Å²) in [6.45, 7) is 0.274. The third-order valence-electron chi connectivity index (χ3n) is 6.46. The molecule has 1 amide bonds. The van der Waals surface area contributed by atoms with Crippen LogP contribution in [0.3, 0.4) is 0 Å². The summed E-state index contributed by atoms with van der Waals surface area (Å²) < 4.78 is 11.5. The van der Waals surface area contributed by atoms with Crippen molar-refractivity contribution in [3.05, 3.63) is 104 Å². The van der Waals surface area contributed by atoms with Crippen molar-refractivity contribution in [2.45, 2.75) is 32.3 Å². The fourth-order valence-electron chi connectivity index (χ4n) is 4.51.